The second-order valence-corrected chi connectivity index (χ2v) is 5.04. The highest BCUT2D eigenvalue weighted by molar-refractivity contribution is 6.21. The minimum Gasteiger partial charge on any atom is -0.282 e. The molecular weight excluding hydrogens is 254 g/mol. The first kappa shape index (κ1) is 14.2. The number of fused-ring (bicyclic) bond motifs is 1. The van der Waals surface area contributed by atoms with Crippen LogP contribution in [-0.2, 0) is 0 Å². The molecule has 2 rings (SSSR count). The molecule has 20 heavy (non-hydrogen) atoms. The van der Waals surface area contributed by atoms with E-state index in [9.17, 15) is 9.59 Å². The summed E-state index contributed by atoms with van der Waals surface area (Å²) in [5, 5.41) is 8.68. The van der Waals surface area contributed by atoms with Crippen molar-refractivity contribution in [3.63, 3.8) is 0 Å². The molecular formula is C15H17N3O2. The Bertz CT molecular complexity index is 540. The minimum atomic E-state index is -0.256. The molecule has 1 aromatic rings. The minimum absolute atomic E-state index is 0.160. The molecule has 1 aliphatic rings. The zero-order valence-electron chi connectivity index (χ0n) is 11.7. The Morgan fingerprint density at radius 2 is 1.75 bits per heavy atom. The Balaban J connectivity index is 2.17. The fourth-order valence-electron chi connectivity index (χ4n) is 2.24. The number of nitrogens with zero attached hydrogens (tertiary/aromatic N) is 3. The number of hydrogen-bond donors (Lipinski definition) is 0. The van der Waals surface area contributed by atoms with Gasteiger partial charge in [-0.05, 0) is 26.0 Å². The summed E-state index contributed by atoms with van der Waals surface area (Å²) < 4.78 is 0. The van der Waals surface area contributed by atoms with Crippen molar-refractivity contribution in [2.24, 2.45) is 0 Å². The topological polar surface area (TPSA) is 64.4 Å². The van der Waals surface area contributed by atoms with Crippen molar-refractivity contribution in [3.8, 4) is 6.07 Å². The predicted molar refractivity (Wildman–Crippen MR) is 73.9 cm³/mol. The molecule has 0 saturated heterocycles. The Morgan fingerprint density at radius 3 is 2.20 bits per heavy atom. The largest absolute Gasteiger partial charge is 0.282 e. The van der Waals surface area contributed by atoms with Gasteiger partial charge in [-0.1, -0.05) is 12.1 Å². The van der Waals surface area contributed by atoms with Gasteiger partial charge in [-0.25, -0.2) is 0 Å². The summed E-state index contributed by atoms with van der Waals surface area (Å²) >= 11 is 0. The van der Waals surface area contributed by atoms with E-state index in [1.54, 1.807) is 24.3 Å². The van der Waals surface area contributed by atoms with E-state index in [-0.39, 0.29) is 24.5 Å². The molecule has 0 N–H and O–H groups in total. The number of benzene rings is 1. The summed E-state index contributed by atoms with van der Waals surface area (Å²) in [5.74, 6) is -0.513. The fourth-order valence-corrected chi connectivity index (χ4v) is 2.24. The van der Waals surface area contributed by atoms with E-state index in [1.165, 1.54) is 4.90 Å². The van der Waals surface area contributed by atoms with Crippen molar-refractivity contribution >= 4 is 11.8 Å². The third-order valence-corrected chi connectivity index (χ3v) is 3.44. The number of imide groups is 1. The number of amides is 2. The molecule has 1 aliphatic heterocycles. The number of nitriles is 1. The van der Waals surface area contributed by atoms with Crippen LogP contribution in [0.2, 0.25) is 0 Å². The lowest BCUT2D eigenvalue weighted by Crippen LogP contribution is -2.44. The lowest BCUT2D eigenvalue weighted by atomic mass is 10.1. The maximum absolute atomic E-state index is 12.3. The number of carbonyl (C=O) groups is 2. The number of carbonyl (C=O) groups excluding carboxylic acids is 2. The summed E-state index contributed by atoms with van der Waals surface area (Å²) in [6.45, 7) is 4.73. The molecule has 1 aromatic carbocycles. The van der Waals surface area contributed by atoms with Crippen LogP contribution in [0.4, 0.5) is 0 Å². The van der Waals surface area contributed by atoms with Crippen molar-refractivity contribution in [3.05, 3.63) is 35.4 Å². The van der Waals surface area contributed by atoms with Crippen LogP contribution in [0.3, 0.4) is 0 Å². The van der Waals surface area contributed by atoms with Crippen LogP contribution in [0.25, 0.3) is 0 Å². The van der Waals surface area contributed by atoms with E-state index in [0.29, 0.717) is 24.1 Å². The van der Waals surface area contributed by atoms with Crippen LogP contribution >= 0.6 is 0 Å². The number of rotatable bonds is 5. The van der Waals surface area contributed by atoms with Gasteiger partial charge in [0.05, 0.1) is 23.9 Å². The van der Waals surface area contributed by atoms with E-state index in [2.05, 4.69) is 6.07 Å². The van der Waals surface area contributed by atoms with Gasteiger partial charge in [0, 0.05) is 19.0 Å². The molecule has 0 bridgehead atoms. The third-order valence-electron chi connectivity index (χ3n) is 3.44. The lowest BCUT2D eigenvalue weighted by Gasteiger charge is -2.29. The predicted octanol–water partition coefficient (Wildman–Crippen LogP) is 1.86. The first-order valence-electron chi connectivity index (χ1n) is 6.62. The molecule has 0 fully saturated rings. The van der Waals surface area contributed by atoms with Crippen LogP contribution in [-0.4, -0.2) is 40.9 Å². The van der Waals surface area contributed by atoms with Gasteiger partial charge in [-0.2, -0.15) is 5.26 Å². The van der Waals surface area contributed by atoms with Gasteiger partial charge in [0.25, 0.3) is 11.8 Å². The van der Waals surface area contributed by atoms with Gasteiger partial charge in [0.15, 0.2) is 0 Å². The second-order valence-electron chi connectivity index (χ2n) is 5.04. The van der Waals surface area contributed by atoms with E-state index < -0.39 is 0 Å². The molecule has 104 valence electrons. The summed E-state index contributed by atoms with van der Waals surface area (Å²) in [7, 11) is 0. The van der Waals surface area contributed by atoms with Gasteiger partial charge < -0.3 is 0 Å². The van der Waals surface area contributed by atoms with Crippen LogP contribution in [0.15, 0.2) is 24.3 Å². The van der Waals surface area contributed by atoms with E-state index in [0.717, 1.165) is 0 Å². The monoisotopic (exact) mass is 271 g/mol. The molecule has 5 heteroatoms. The molecule has 0 aliphatic carbocycles. The second kappa shape index (κ2) is 5.85. The average Bonchev–Trinajstić information content (AvgIpc) is 2.68. The highest BCUT2D eigenvalue weighted by Crippen LogP contribution is 2.22. The Kier molecular flexibility index (Phi) is 4.16. The lowest BCUT2D eigenvalue weighted by molar-refractivity contribution is 0.0508. The van der Waals surface area contributed by atoms with Gasteiger partial charge in [-0.15, -0.1) is 0 Å². The van der Waals surface area contributed by atoms with Crippen molar-refractivity contribution in [1.29, 1.82) is 5.26 Å². The fraction of sp³-hybridized carbons (Fsp3) is 0.400. The first-order valence-corrected chi connectivity index (χ1v) is 6.62. The Hall–Kier alpha value is -2.19. The molecule has 0 unspecified atom stereocenters. The zero-order valence-corrected chi connectivity index (χ0v) is 11.7. The third kappa shape index (κ3) is 2.56. The van der Waals surface area contributed by atoms with E-state index >= 15 is 0 Å². The zero-order chi connectivity index (χ0) is 14.7. The normalized spacial score (nSPS) is 14.1. The SMILES string of the molecule is CC(C)N(CCC#N)CN1C(=O)c2ccccc2C1=O. The maximum atomic E-state index is 12.3. The molecule has 0 atom stereocenters. The highest BCUT2D eigenvalue weighted by atomic mass is 16.2. The van der Waals surface area contributed by atoms with Gasteiger partial charge in [-0.3, -0.25) is 19.4 Å². The molecule has 0 saturated carbocycles. The molecule has 5 nitrogen and oxygen atoms in total. The molecule has 0 aromatic heterocycles. The van der Waals surface area contributed by atoms with Crippen LogP contribution in [0.1, 0.15) is 41.0 Å². The molecule has 0 spiro atoms. The summed E-state index contributed by atoms with van der Waals surface area (Å²) in [4.78, 5) is 27.7. The van der Waals surface area contributed by atoms with Crippen molar-refractivity contribution in [1.82, 2.24) is 9.80 Å². The number of hydrogen-bond acceptors (Lipinski definition) is 4. The smallest absolute Gasteiger partial charge is 0.262 e. The van der Waals surface area contributed by atoms with Crippen LogP contribution < -0.4 is 0 Å². The molecule has 0 radical (unpaired) electrons. The summed E-state index contributed by atoms with van der Waals surface area (Å²) in [5.41, 5.74) is 0.919. The van der Waals surface area contributed by atoms with Gasteiger partial charge in [0.1, 0.15) is 0 Å². The van der Waals surface area contributed by atoms with E-state index in [1.807, 2.05) is 18.7 Å². The summed E-state index contributed by atoms with van der Waals surface area (Å²) in [6.07, 6.45) is 0.376. The van der Waals surface area contributed by atoms with E-state index in [4.69, 9.17) is 5.26 Å². The standard InChI is InChI=1S/C15H17N3O2/c1-11(2)17(9-5-8-16)10-18-14(19)12-6-3-4-7-13(12)15(18)20/h3-4,6-7,11H,5,9-10H2,1-2H3. The average molecular weight is 271 g/mol. The quantitative estimate of drug-likeness (QED) is 0.767. The first-order chi connectivity index (χ1) is 9.56. The molecule has 1 heterocycles. The summed E-state index contributed by atoms with van der Waals surface area (Å²) in [6, 6.07) is 9.10. The van der Waals surface area contributed by atoms with Gasteiger partial charge >= 0.3 is 0 Å². The van der Waals surface area contributed by atoms with Crippen molar-refractivity contribution in [2.45, 2.75) is 26.3 Å². The van der Waals surface area contributed by atoms with Crippen molar-refractivity contribution in [2.75, 3.05) is 13.2 Å². The van der Waals surface area contributed by atoms with Gasteiger partial charge in [0.2, 0.25) is 0 Å². The Labute approximate surface area is 118 Å². The molecule has 2 amide bonds. The Morgan fingerprint density at radius 1 is 1.20 bits per heavy atom. The van der Waals surface area contributed by atoms with Crippen molar-refractivity contribution < 1.29 is 9.59 Å². The maximum Gasteiger partial charge on any atom is 0.262 e. The van der Waals surface area contributed by atoms with Crippen LogP contribution in [0.5, 0.6) is 0 Å². The highest BCUT2D eigenvalue weighted by Gasteiger charge is 2.36. The van der Waals surface area contributed by atoms with Crippen LogP contribution in [0, 0.1) is 11.3 Å².